The van der Waals surface area contributed by atoms with E-state index in [-0.39, 0.29) is 6.04 Å². The molecule has 3 N–H and O–H groups in total. The van der Waals surface area contributed by atoms with Gasteiger partial charge >= 0.3 is 0 Å². The molecule has 114 valence electrons. The molecule has 1 unspecified atom stereocenters. The lowest BCUT2D eigenvalue weighted by atomic mass is 9.95. The van der Waals surface area contributed by atoms with Gasteiger partial charge in [0.15, 0.2) is 0 Å². The molecule has 1 heterocycles. The highest BCUT2D eigenvalue weighted by Gasteiger charge is 2.19. The van der Waals surface area contributed by atoms with E-state index in [1.807, 2.05) is 11.7 Å². The molecule has 0 saturated heterocycles. The van der Waals surface area contributed by atoms with E-state index in [4.69, 9.17) is 5.84 Å². The molecule has 0 aliphatic rings. The maximum absolute atomic E-state index is 5.82. The highest BCUT2D eigenvalue weighted by atomic mass is 79.9. The largest absolute Gasteiger partial charge is 0.271 e. The fourth-order valence-electron chi connectivity index (χ4n) is 2.64. The van der Waals surface area contributed by atoms with Crippen molar-refractivity contribution < 1.29 is 0 Å². The third-order valence-corrected chi connectivity index (χ3v) is 5.04. The standard InChI is InChI=1S/C16H23BrN4/c1-5-13-16(17)15(21(4)20-13)9-14(19-18)12-8-6-7-10(2)11(12)3/h6-8,14,19H,5,9,18H2,1-4H3. The Morgan fingerprint density at radius 3 is 2.67 bits per heavy atom. The van der Waals surface area contributed by atoms with Crippen LogP contribution in [0.25, 0.3) is 0 Å². The van der Waals surface area contributed by atoms with Crippen LogP contribution in [-0.4, -0.2) is 9.78 Å². The minimum atomic E-state index is 0.0707. The van der Waals surface area contributed by atoms with Crippen molar-refractivity contribution in [2.45, 2.75) is 39.7 Å². The highest BCUT2D eigenvalue weighted by molar-refractivity contribution is 9.10. The number of nitrogens with zero attached hydrogens (tertiary/aromatic N) is 2. The molecule has 0 bridgehead atoms. The number of nitrogens with two attached hydrogens (primary N) is 1. The van der Waals surface area contributed by atoms with E-state index in [1.54, 1.807) is 0 Å². The van der Waals surface area contributed by atoms with Gasteiger partial charge in [0.05, 0.1) is 21.9 Å². The number of rotatable bonds is 5. The maximum atomic E-state index is 5.82. The third-order valence-electron chi connectivity index (χ3n) is 4.12. The number of aromatic nitrogens is 2. The lowest BCUT2D eigenvalue weighted by Gasteiger charge is -2.20. The molecule has 1 aromatic heterocycles. The number of hydrogen-bond acceptors (Lipinski definition) is 3. The molecule has 5 heteroatoms. The van der Waals surface area contributed by atoms with Gasteiger partial charge in [-0.1, -0.05) is 25.1 Å². The molecule has 0 fully saturated rings. The Balaban J connectivity index is 2.36. The zero-order valence-electron chi connectivity index (χ0n) is 13.1. The average molecular weight is 351 g/mol. The second-order valence-corrected chi connectivity index (χ2v) is 6.19. The van der Waals surface area contributed by atoms with Gasteiger partial charge in [0.1, 0.15) is 0 Å². The van der Waals surface area contributed by atoms with Crippen LogP contribution >= 0.6 is 15.9 Å². The zero-order valence-corrected chi connectivity index (χ0v) is 14.7. The molecule has 0 aliphatic heterocycles. The van der Waals surface area contributed by atoms with Crippen molar-refractivity contribution in [2.75, 3.05) is 0 Å². The second kappa shape index (κ2) is 6.73. The van der Waals surface area contributed by atoms with Crippen LogP contribution in [-0.2, 0) is 19.9 Å². The van der Waals surface area contributed by atoms with Crippen LogP contribution in [0.1, 0.15) is 41.0 Å². The van der Waals surface area contributed by atoms with Gasteiger partial charge in [0.25, 0.3) is 0 Å². The van der Waals surface area contributed by atoms with Crippen molar-refractivity contribution in [1.29, 1.82) is 0 Å². The normalized spacial score (nSPS) is 12.7. The molecule has 0 aliphatic carbocycles. The fourth-order valence-corrected chi connectivity index (χ4v) is 3.42. The van der Waals surface area contributed by atoms with Crippen LogP contribution in [0.15, 0.2) is 22.7 Å². The Bertz CT molecular complexity index is 633. The topological polar surface area (TPSA) is 55.9 Å². The molecule has 0 radical (unpaired) electrons. The lowest BCUT2D eigenvalue weighted by Crippen LogP contribution is -2.30. The number of halogens is 1. The highest BCUT2D eigenvalue weighted by Crippen LogP contribution is 2.28. The zero-order chi connectivity index (χ0) is 15.6. The molecular formula is C16H23BrN4. The summed E-state index contributed by atoms with van der Waals surface area (Å²) >= 11 is 3.67. The van der Waals surface area contributed by atoms with Crippen LogP contribution in [0.5, 0.6) is 0 Å². The van der Waals surface area contributed by atoms with Crippen molar-refractivity contribution in [1.82, 2.24) is 15.2 Å². The van der Waals surface area contributed by atoms with Gasteiger partial charge in [0, 0.05) is 13.5 Å². The van der Waals surface area contributed by atoms with E-state index in [2.05, 4.69) is 65.4 Å². The number of hydrogen-bond donors (Lipinski definition) is 2. The number of benzene rings is 1. The minimum absolute atomic E-state index is 0.0707. The van der Waals surface area contributed by atoms with Crippen molar-refractivity contribution in [3.8, 4) is 0 Å². The molecule has 0 amide bonds. The summed E-state index contributed by atoms with van der Waals surface area (Å²) in [5.74, 6) is 5.82. The first-order valence-electron chi connectivity index (χ1n) is 7.22. The fraction of sp³-hybridized carbons (Fsp3) is 0.438. The van der Waals surface area contributed by atoms with E-state index in [0.717, 1.165) is 28.7 Å². The molecule has 21 heavy (non-hydrogen) atoms. The Labute approximate surface area is 134 Å². The Kier molecular flexibility index (Phi) is 5.19. The first-order valence-corrected chi connectivity index (χ1v) is 8.01. The predicted molar refractivity (Wildman–Crippen MR) is 90.0 cm³/mol. The van der Waals surface area contributed by atoms with Gasteiger partial charge in [-0.05, 0) is 52.9 Å². The second-order valence-electron chi connectivity index (χ2n) is 5.40. The van der Waals surface area contributed by atoms with E-state index in [9.17, 15) is 0 Å². The summed E-state index contributed by atoms with van der Waals surface area (Å²) in [5.41, 5.74) is 9.01. The van der Waals surface area contributed by atoms with Crippen molar-refractivity contribution in [2.24, 2.45) is 12.9 Å². The number of aryl methyl sites for hydroxylation is 3. The Morgan fingerprint density at radius 1 is 1.38 bits per heavy atom. The van der Waals surface area contributed by atoms with Crippen molar-refractivity contribution in [3.05, 3.63) is 50.8 Å². The molecule has 1 atom stereocenters. The summed E-state index contributed by atoms with van der Waals surface area (Å²) in [5, 5.41) is 4.55. The summed E-state index contributed by atoms with van der Waals surface area (Å²) in [6.45, 7) is 6.38. The van der Waals surface area contributed by atoms with Crippen LogP contribution in [0.2, 0.25) is 0 Å². The lowest BCUT2D eigenvalue weighted by molar-refractivity contribution is 0.526. The van der Waals surface area contributed by atoms with Crippen molar-refractivity contribution >= 4 is 15.9 Å². The summed E-state index contributed by atoms with van der Waals surface area (Å²) < 4.78 is 3.04. The first kappa shape index (κ1) is 16.2. The molecule has 0 spiro atoms. The predicted octanol–water partition coefficient (Wildman–Crippen LogP) is 3.11. The minimum Gasteiger partial charge on any atom is -0.271 e. The van der Waals surface area contributed by atoms with Crippen LogP contribution in [0.4, 0.5) is 0 Å². The molecule has 4 nitrogen and oxygen atoms in total. The van der Waals surface area contributed by atoms with Crippen LogP contribution in [0.3, 0.4) is 0 Å². The Hall–Kier alpha value is -1.17. The van der Waals surface area contributed by atoms with Crippen LogP contribution < -0.4 is 11.3 Å². The van der Waals surface area contributed by atoms with Gasteiger partial charge in [0.2, 0.25) is 0 Å². The van der Waals surface area contributed by atoms with Gasteiger partial charge in [-0.2, -0.15) is 5.10 Å². The van der Waals surface area contributed by atoms with E-state index < -0.39 is 0 Å². The Morgan fingerprint density at radius 2 is 2.10 bits per heavy atom. The smallest absolute Gasteiger partial charge is 0.0766 e. The van der Waals surface area contributed by atoms with E-state index in [1.165, 1.54) is 16.7 Å². The van der Waals surface area contributed by atoms with Crippen molar-refractivity contribution in [3.63, 3.8) is 0 Å². The summed E-state index contributed by atoms with van der Waals surface area (Å²) in [7, 11) is 1.98. The van der Waals surface area contributed by atoms with Crippen LogP contribution in [0, 0.1) is 13.8 Å². The third kappa shape index (κ3) is 3.20. The quantitative estimate of drug-likeness (QED) is 0.643. The number of hydrazine groups is 1. The van der Waals surface area contributed by atoms with E-state index >= 15 is 0 Å². The molecule has 0 saturated carbocycles. The van der Waals surface area contributed by atoms with Gasteiger partial charge in [-0.3, -0.25) is 16.0 Å². The molecule has 2 rings (SSSR count). The monoisotopic (exact) mass is 350 g/mol. The number of nitrogens with one attached hydrogen (secondary N) is 1. The summed E-state index contributed by atoms with van der Waals surface area (Å²) in [6, 6.07) is 6.42. The molecule has 1 aromatic carbocycles. The molecular weight excluding hydrogens is 328 g/mol. The maximum Gasteiger partial charge on any atom is 0.0766 e. The SMILES string of the molecule is CCc1nn(C)c(CC(NN)c2cccc(C)c2C)c1Br. The van der Waals surface area contributed by atoms with E-state index in [0.29, 0.717) is 0 Å². The first-order chi connectivity index (χ1) is 9.99. The summed E-state index contributed by atoms with van der Waals surface area (Å²) in [6.07, 6.45) is 1.71. The average Bonchev–Trinajstić information content (AvgIpc) is 2.74. The van der Waals surface area contributed by atoms with Gasteiger partial charge < -0.3 is 0 Å². The van der Waals surface area contributed by atoms with Gasteiger partial charge in [-0.25, -0.2) is 0 Å². The molecule has 2 aromatic rings. The van der Waals surface area contributed by atoms with Gasteiger partial charge in [-0.15, -0.1) is 0 Å². The summed E-state index contributed by atoms with van der Waals surface area (Å²) in [4.78, 5) is 0.